The van der Waals surface area contributed by atoms with E-state index in [9.17, 15) is 0 Å². The number of hydrogen-bond donors (Lipinski definition) is 1. The lowest BCUT2D eigenvalue weighted by atomic mass is 10.1. The molecule has 0 fully saturated rings. The first-order valence-electron chi connectivity index (χ1n) is 7.86. The number of nitrogens with zero attached hydrogens (tertiary/aromatic N) is 1. The predicted molar refractivity (Wildman–Crippen MR) is 91.3 cm³/mol. The Morgan fingerprint density at radius 2 is 1.71 bits per heavy atom. The van der Waals surface area contributed by atoms with Gasteiger partial charge in [-0.2, -0.15) is 0 Å². The summed E-state index contributed by atoms with van der Waals surface area (Å²) in [6, 6.07) is 9.01. The zero-order chi connectivity index (χ0) is 15.6. The summed E-state index contributed by atoms with van der Waals surface area (Å²) in [5, 5.41) is 3.54. The fourth-order valence-electron chi connectivity index (χ4n) is 2.77. The van der Waals surface area contributed by atoms with Crippen molar-refractivity contribution < 1.29 is 0 Å². The molecule has 0 spiro atoms. The topological polar surface area (TPSA) is 17.0 Å². The normalized spacial score (nSPS) is 11.4. The molecule has 2 rings (SSSR count). The number of aryl methyl sites for hydroxylation is 3. The van der Waals surface area contributed by atoms with Gasteiger partial charge >= 0.3 is 0 Å². The fraction of sp³-hybridized carbons (Fsp3) is 0.474. The maximum Gasteiger partial charge on any atom is 0.0457 e. The van der Waals surface area contributed by atoms with E-state index in [-0.39, 0.29) is 0 Å². The minimum atomic E-state index is 0.688. The highest BCUT2D eigenvalue weighted by Gasteiger charge is 2.11. The van der Waals surface area contributed by atoms with E-state index in [2.05, 4.69) is 75.7 Å². The van der Waals surface area contributed by atoms with Crippen molar-refractivity contribution in [2.45, 2.75) is 48.1 Å². The third kappa shape index (κ3) is 3.56. The number of hydrogen-bond acceptors (Lipinski definition) is 1. The van der Waals surface area contributed by atoms with Crippen LogP contribution in [0.3, 0.4) is 0 Å². The van der Waals surface area contributed by atoms with Gasteiger partial charge in [0.1, 0.15) is 0 Å². The Hall–Kier alpha value is -1.54. The molecule has 0 aliphatic carbocycles. The van der Waals surface area contributed by atoms with E-state index in [4.69, 9.17) is 0 Å². The van der Waals surface area contributed by atoms with Crippen LogP contribution in [-0.2, 0) is 6.54 Å². The second kappa shape index (κ2) is 6.48. The molecule has 1 heterocycles. The number of aromatic nitrogens is 1. The average Bonchev–Trinajstić information content (AvgIpc) is 2.68. The van der Waals surface area contributed by atoms with E-state index in [1.807, 2.05) is 0 Å². The number of nitrogens with one attached hydrogen (secondary N) is 1. The van der Waals surface area contributed by atoms with Crippen LogP contribution in [0.15, 0.2) is 24.3 Å². The zero-order valence-corrected chi connectivity index (χ0v) is 14.2. The molecular weight excluding hydrogens is 256 g/mol. The quantitative estimate of drug-likeness (QED) is 0.858. The van der Waals surface area contributed by atoms with Gasteiger partial charge in [-0.15, -0.1) is 0 Å². The van der Waals surface area contributed by atoms with Gasteiger partial charge in [0.25, 0.3) is 0 Å². The predicted octanol–water partition coefficient (Wildman–Crippen LogP) is 4.46. The highest BCUT2D eigenvalue weighted by molar-refractivity contribution is 5.45. The third-order valence-corrected chi connectivity index (χ3v) is 4.15. The molecule has 0 radical (unpaired) electrons. The molecule has 2 heteroatoms. The van der Waals surface area contributed by atoms with Crippen molar-refractivity contribution in [3.05, 3.63) is 52.3 Å². The molecule has 1 aromatic heterocycles. The van der Waals surface area contributed by atoms with Gasteiger partial charge in [0.15, 0.2) is 0 Å². The molecule has 114 valence electrons. The molecule has 0 saturated carbocycles. The summed E-state index contributed by atoms with van der Waals surface area (Å²) in [7, 11) is 0. The van der Waals surface area contributed by atoms with Crippen LogP contribution < -0.4 is 5.32 Å². The van der Waals surface area contributed by atoms with Gasteiger partial charge in [-0.3, -0.25) is 0 Å². The van der Waals surface area contributed by atoms with E-state index >= 15 is 0 Å². The van der Waals surface area contributed by atoms with Crippen LogP contribution in [0.2, 0.25) is 0 Å². The van der Waals surface area contributed by atoms with E-state index in [0.29, 0.717) is 5.92 Å². The molecular formula is C19H28N2. The Morgan fingerprint density at radius 3 is 2.33 bits per heavy atom. The SMILES string of the molecule is Cc1ccc(-n2c(C)cc(CNCC(C)C)c2C)cc1C. The second-order valence-electron chi connectivity index (χ2n) is 6.53. The first-order valence-corrected chi connectivity index (χ1v) is 7.86. The Balaban J connectivity index is 2.28. The van der Waals surface area contributed by atoms with Crippen molar-refractivity contribution >= 4 is 0 Å². The van der Waals surface area contributed by atoms with Crippen LogP contribution in [0.25, 0.3) is 5.69 Å². The first-order chi connectivity index (χ1) is 9.90. The van der Waals surface area contributed by atoms with Crippen molar-refractivity contribution in [1.82, 2.24) is 9.88 Å². The Morgan fingerprint density at radius 1 is 1.00 bits per heavy atom. The van der Waals surface area contributed by atoms with Gasteiger partial charge in [0.2, 0.25) is 0 Å². The van der Waals surface area contributed by atoms with E-state index in [0.717, 1.165) is 13.1 Å². The fourth-order valence-corrected chi connectivity index (χ4v) is 2.77. The second-order valence-corrected chi connectivity index (χ2v) is 6.53. The van der Waals surface area contributed by atoms with Crippen LogP contribution in [-0.4, -0.2) is 11.1 Å². The highest BCUT2D eigenvalue weighted by atomic mass is 15.0. The number of benzene rings is 1. The van der Waals surface area contributed by atoms with E-state index in [1.165, 1.54) is 33.8 Å². The lowest BCUT2D eigenvalue weighted by Gasteiger charge is -2.12. The summed E-state index contributed by atoms with van der Waals surface area (Å²) in [4.78, 5) is 0. The molecule has 0 aliphatic heterocycles. The summed E-state index contributed by atoms with van der Waals surface area (Å²) in [5.74, 6) is 0.688. The molecule has 0 saturated heterocycles. The van der Waals surface area contributed by atoms with Crippen molar-refractivity contribution in [3.63, 3.8) is 0 Å². The van der Waals surface area contributed by atoms with Crippen LogP contribution in [0.4, 0.5) is 0 Å². The van der Waals surface area contributed by atoms with E-state index in [1.54, 1.807) is 0 Å². The molecule has 0 bridgehead atoms. The van der Waals surface area contributed by atoms with Crippen LogP contribution in [0.5, 0.6) is 0 Å². The molecule has 1 aromatic carbocycles. The molecule has 1 N–H and O–H groups in total. The average molecular weight is 284 g/mol. The minimum absolute atomic E-state index is 0.688. The summed E-state index contributed by atoms with van der Waals surface area (Å²) >= 11 is 0. The van der Waals surface area contributed by atoms with Gasteiger partial charge in [-0.1, -0.05) is 19.9 Å². The van der Waals surface area contributed by atoms with Gasteiger partial charge in [0, 0.05) is 23.6 Å². The maximum absolute atomic E-state index is 3.54. The van der Waals surface area contributed by atoms with Gasteiger partial charge in [-0.05, 0) is 75.0 Å². The molecule has 0 amide bonds. The van der Waals surface area contributed by atoms with Crippen molar-refractivity contribution in [3.8, 4) is 5.69 Å². The molecule has 0 aliphatic rings. The first kappa shape index (κ1) is 15.8. The van der Waals surface area contributed by atoms with Gasteiger partial charge in [-0.25, -0.2) is 0 Å². The third-order valence-electron chi connectivity index (χ3n) is 4.15. The van der Waals surface area contributed by atoms with Crippen LogP contribution >= 0.6 is 0 Å². The van der Waals surface area contributed by atoms with Gasteiger partial charge < -0.3 is 9.88 Å². The Kier molecular flexibility index (Phi) is 4.89. The van der Waals surface area contributed by atoms with Crippen molar-refractivity contribution in [1.29, 1.82) is 0 Å². The van der Waals surface area contributed by atoms with Gasteiger partial charge in [0.05, 0.1) is 0 Å². The Bertz CT molecular complexity index is 621. The molecule has 21 heavy (non-hydrogen) atoms. The van der Waals surface area contributed by atoms with Crippen LogP contribution in [0, 0.1) is 33.6 Å². The van der Waals surface area contributed by atoms with E-state index < -0.39 is 0 Å². The summed E-state index contributed by atoms with van der Waals surface area (Å²) in [6.45, 7) is 15.2. The lowest BCUT2D eigenvalue weighted by Crippen LogP contribution is -2.19. The highest BCUT2D eigenvalue weighted by Crippen LogP contribution is 2.22. The standard InChI is InChI=1S/C19H28N2/c1-13(2)11-20-12-18-10-16(5)21(17(18)6)19-8-7-14(3)15(4)9-19/h7-10,13,20H,11-12H2,1-6H3. The summed E-state index contributed by atoms with van der Waals surface area (Å²) in [6.07, 6.45) is 0. The monoisotopic (exact) mass is 284 g/mol. The smallest absolute Gasteiger partial charge is 0.0457 e. The molecule has 2 nitrogen and oxygen atoms in total. The summed E-state index contributed by atoms with van der Waals surface area (Å²) in [5.41, 5.74) is 8.00. The van der Waals surface area contributed by atoms with Crippen molar-refractivity contribution in [2.24, 2.45) is 5.92 Å². The zero-order valence-electron chi connectivity index (χ0n) is 14.2. The van der Waals surface area contributed by atoms with Crippen molar-refractivity contribution in [2.75, 3.05) is 6.54 Å². The Labute approximate surface area is 129 Å². The largest absolute Gasteiger partial charge is 0.318 e. The maximum atomic E-state index is 3.54. The minimum Gasteiger partial charge on any atom is -0.318 e. The number of rotatable bonds is 5. The molecule has 0 atom stereocenters. The lowest BCUT2D eigenvalue weighted by molar-refractivity contribution is 0.551. The molecule has 2 aromatic rings. The molecule has 0 unspecified atom stereocenters. The van der Waals surface area contributed by atoms with Crippen LogP contribution in [0.1, 0.15) is 41.9 Å². The summed E-state index contributed by atoms with van der Waals surface area (Å²) < 4.78 is 2.36.